The van der Waals surface area contributed by atoms with Crippen LogP contribution >= 0.6 is 0 Å². The molecule has 0 amide bonds. The lowest BCUT2D eigenvalue weighted by molar-refractivity contribution is -0.137. The Morgan fingerprint density at radius 1 is 1.60 bits per heavy atom. The van der Waals surface area contributed by atoms with Crippen LogP contribution in [0.4, 0.5) is 0 Å². The fourth-order valence-corrected chi connectivity index (χ4v) is 1.18. The predicted octanol–water partition coefficient (Wildman–Crippen LogP) is 0.739. The summed E-state index contributed by atoms with van der Waals surface area (Å²) in [6, 6.07) is 1.84. The van der Waals surface area contributed by atoms with Crippen molar-refractivity contribution in [1.82, 2.24) is 15.3 Å². The van der Waals surface area contributed by atoms with Crippen LogP contribution in [0.15, 0.2) is 12.3 Å². The topological polar surface area (TPSA) is 75.1 Å². The van der Waals surface area contributed by atoms with Crippen LogP contribution < -0.4 is 5.32 Å². The molecule has 0 aromatic carbocycles. The monoisotopic (exact) mass is 209 g/mol. The number of hydrogen-bond acceptors (Lipinski definition) is 4. The Hall–Kier alpha value is -1.49. The van der Waals surface area contributed by atoms with Crippen molar-refractivity contribution in [2.45, 2.75) is 26.3 Å². The van der Waals surface area contributed by atoms with Gasteiger partial charge in [-0.3, -0.25) is 4.79 Å². The molecule has 1 aromatic rings. The number of carbonyl (C=O) groups is 1. The lowest BCUT2D eigenvalue weighted by Gasteiger charge is -2.03. The molecular formula is C10H15N3O2. The van der Waals surface area contributed by atoms with E-state index in [4.69, 9.17) is 5.11 Å². The number of aliphatic carboxylic acids is 1. The molecule has 0 aliphatic heterocycles. The van der Waals surface area contributed by atoms with E-state index in [1.165, 1.54) is 0 Å². The Morgan fingerprint density at radius 3 is 3.07 bits per heavy atom. The van der Waals surface area contributed by atoms with Crippen LogP contribution in [0.25, 0.3) is 0 Å². The molecule has 0 spiro atoms. The molecule has 0 saturated carbocycles. The lowest BCUT2D eigenvalue weighted by atomic mass is 10.3. The first kappa shape index (κ1) is 11.6. The SMILES string of the molecule is Cc1nccc(CNCCCC(=O)O)n1. The van der Waals surface area contributed by atoms with Gasteiger partial charge in [0.2, 0.25) is 0 Å². The van der Waals surface area contributed by atoms with Crippen molar-refractivity contribution in [3.05, 3.63) is 23.8 Å². The number of carboxylic acids is 1. The fraction of sp³-hybridized carbons (Fsp3) is 0.500. The summed E-state index contributed by atoms with van der Waals surface area (Å²) < 4.78 is 0. The van der Waals surface area contributed by atoms with Crippen LogP contribution in [-0.4, -0.2) is 27.6 Å². The first-order chi connectivity index (χ1) is 7.18. The summed E-state index contributed by atoms with van der Waals surface area (Å²) in [6.07, 6.45) is 2.56. The molecule has 0 fully saturated rings. The largest absolute Gasteiger partial charge is 0.481 e. The van der Waals surface area contributed by atoms with Gasteiger partial charge in [0.25, 0.3) is 0 Å². The molecule has 0 radical (unpaired) electrons. The first-order valence-corrected chi connectivity index (χ1v) is 4.89. The quantitative estimate of drug-likeness (QED) is 0.676. The van der Waals surface area contributed by atoms with Crippen LogP contribution in [-0.2, 0) is 11.3 Å². The molecule has 0 atom stereocenters. The Balaban J connectivity index is 2.17. The Kier molecular flexibility index (Phi) is 4.70. The van der Waals surface area contributed by atoms with E-state index in [9.17, 15) is 4.79 Å². The van der Waals surface area contributed by atoms with Crippen molar-refractivity contribution in [3.8, 4) is 0 Å². The number of nitrogens with zero attached hydrogens (tertiary/aromatic N) is 2. The van der Waals surface area contributed by atoms with Gasteiger partial charge in [-0.05, 0) is 26.0 Å². The molecule has 0 bridgehead atoms. The van der Waals surface area contributed by atoms with Crippen LogP contribution in [0.3, 0.4) is 0 Å². The van der Waals surface area contributed by atoms with Gasteiger partial charge in [-0.25, -0.2) is 9.97 Å². The summed E-state index contributed by atoms with van der Waals surface area (Å²) in [7, 11) is 0. The maximum Gasteiger partial charge on any atom is 0.303 e. The highest BCUT2D eigenvalue weighted by Crippen LogP contribution is 1.94. The molecule has 1 rings (SSSR count). The van der Waals surface area contributed by atoms with Crippen molar-refractivity contribution in [2.24, 2.45) is 0 Å². The minimum Gasteiger partial charge on any atom is -0.481 e. The predicted molar refractivity (Wildman–Crippen MR) is 55.3 cm³/mol. The molecule has 0 saturated heterocycles. The second-order valence-electron chi connectivity index (χ2n) is 3.27. The number of hydrogen-bond donors (Lipinski definition) is 2. The summed E-state index contributed by atoms with van der Waals surface area (Å²) >= 11 is 0. The van der Waals surface area contributed by atoms with Crippen molar-refractivity contribution in [1.29, 1.82) is 0 Å². The van der Waals surface area contributed by atoms with Gasteiger partial charge >= 0.3 is 5.97 Å². The zero-order chi connectivity index (χ0) is 11.1. The van der Waals surface area contributed by atoms with Crippen LogP contribution in [0.1, 0.15) is 24.4 Å². The van der Waals surface area contributed by atoms with Crippen LogP contribution in [0.5, 0.6) is 0 Å². The van der Waals surface area contributed by atoms with Crippen LogP contribution in [0.2, 0.25) is 0 Å². The molecular weight excluding hydrogens is 194 g/mol. The number of aromatic nitrogens is 2. The summed E-state index contributed by atoms with van der Waals surface area (Å²) in [5.41, 5.74) is 0.929. The third kappa shape index (κ3) is 5.07. The molecule has 0 aliphatic carbocycles. The Morgan fingerprint density at radius 2 is 2.40 bits per heavy atom. The van der Waals surface area contributed by atoms with Gasteiger partial charge in [-0.2, -0.15) is 0 Å². The summed E-state index contributed by atoms with van der Waals surface area (Å²) in [4.78, 5) is 18.4. The smallest absolute Gasteiger partial charge is 0.303 e. The molecule has 5 nitrogen and oxygen atoms in total. The standard InChI is InChI=1S/C10H15N3O2/c1-8-12-6-4-9(13-8)7-11-5-2-3-10(14)15/h4,6,11H,2-3,5,7H2,1H3,(H,14,15). The van der Waals surface area contributed by atoms with E-state index in [1.807, 2.05) is 13.0 Å². The Bertz CT molecular complexity index is 328. The number of aryl methyl sites for hydroxylation is 1. The Labute approximate surface area is 88.6 Å². The minimum atomic E-state index is -0.755. The van der Waals surface area contributed by atoms with Gasteiger partial charge in [0.15, 0.2) is 0 Å². The summed E-state index contributed by atoms with van der Waals surface area (Å²) in [5, 5.41) is 11.5. The molecule has 82 valence electrons. The van der Waals surface area contributed by atoms with Crippen LogP contribution in [0, 0.1) is 6.92 Å². The molecule has 5 heteroatoms. The van der Waals surface area contributed by atoms with E-state index < -0.39 is 5.97 Å². The summed E-state index contributed by atoms with van der Waals surface area (Å²) in [6.45, 7) is 3.19. The van der Waals surface area contributed by atoms with E-state index in [0.29, 0.717) is 19.5 Å². The molecule has 15 heavy (non-hydrogen) atoms. The molecule has 2 N–H and O–H groups in total. The average Bonchev–Trinajstić information content (AvgIpc) is 2.17. The molecule has 1 heterocycles. The van der Waals surface area contributed by atoms with Gasteiger partial charge in [0.1, 0.15) is 5.82 Å². The fourth-order valence-electron chi connectivity index (χ4n) is 1.18. The maximum absolute atomic E-state index is 10.2. The maximum atomic E-state index is 10.2. The second kappa shape index (κ2) is 6.08. The van der Waals surface area contributed by atoms with Gasteiger partial charge in [-0.1, -0.05) is 0 Å². The highest BCUT2D eigenvalue weighted by atomic mass is 16.4. The van der Waals surface area contributed by atoms with Gasteiger partial charge < -0.3 is 10.4 Å². The van der Waals surface area contributed by atoms with Crippen molar-refractivity contribution in [2.75, 3.05) is 6.54 Å². The molecule has 0 aliphatic rings. The minimum absolute atomic E-state index is 0.204. The average molecular weight is 209 g/mol. The van der Waals surface area contributed by atoms with Gasteiger partial charge in [0, 0.05) is 19.2 Å². The van der Waals surface area contributed by atoms with Gasteiger partial charge in [0.05, 0.1) is 5.69 Å². The highest BCUT2D eigenvalue weighted by molar-refractivity contribution is 5.66. The molecule has 0 unspecified atom stereocenters. The van der Waals surface area contributed by atoms with E-state index in [2.05, 4.69) is 15.3 Å². The third-order valence-electron chi connectivity index (χ3n) is 1.88. The normalized spacial score (nSPS) is 10.2. The van der Waals surface area contributed by atoms with E-state index >= 15 is 0 Å². The lowest BCUT2D eigenvalue weighted by Crippen LogP contribution is -2.16. The summed E-state index contributed by atoms with van der Waals surface area (Å²) in [5.74, 6) is -0.00508. The van der Waals surface area contributed by atoms with Crippen molar-refractivity contribution >= 4 is 5.97 Å². The van der Waals surface area contributed by atoms with E-state index in [0.717, 1.165) is 11.5 Å². The number of carboxylic acid groups (broad SMARTS) is 1. The van der Waals surface area contributed by atoms with Gasteiger partial charge in [-0.15, -0.1) is 0 Å². The molecule has 1 aromatic heterocycles. The number of nitrogens with one attached hydrogen (secondary N) is 1. The zero-order valence-electron chi connectivity index (χ0n) is 8.73. The zero-order valence-corrected chi connectivity index (χ0v) is 8.73. The van der Waals surface area contributed by atoms with E-state index in [-0.39, 0.29) is 6.42 Å². The third-order valence-corrected chi connectivity index (χ3v) is 1.88. The highest BCUT2D eigenvalue weighted by Gasteiger charge is 1.97. The van der Waals surface area contributed by atoms with Crippen molar-refractivity contribution < 1.29 is 9.90 Å². The first-order valence-electron chi connectivity index (χ1n) is 4.89. The van der Waals surface area contributed by atoms with Crippen molar-refractivity contribution in [3.63, 3.8) is 0 Å². The van der Waals surface area contributed by atoms with E-state index in [1.54, 1.807) is 6.20 Å². The number of rotatable bonds is 6. The second-order valence-corrected chi connectivity index (χ2v) is 3.27.